The quantitative estimate of drug-likeness (QED) is 0.607. The fraction of sp³-hybridized carbons (Fsp3) is 0.318. The van der Waals surface area contributed by atoms with Crippen LogP contribution in [0.3, 0.4) is 0 Å². The number of likely N-dealkylation sites (tertiary alicyclic amines) is 1. The highest BCUT2D eigenvalue weighted by Crippen LogP contribution is 2.32. The Morgan fingerprint density at radius 2 is 1.83 bits per heavy atom. The molecule has 1 N–H and O–H groups in total. The minimum atomic E-state index is -0.975. The maximum atomic E-state index is 11.2. The van der Waals surface area contributed by atoms with Crippen LogP contribution in [0.2, 0.25) is 10.0 Å². The highest BCUT2D eigenvalue weighted by Gasteiger charge is 2.22. The van der Waals surface area contributed by atoms with E-state index in [1.807, 2.05) is 29.9 Å². The largest absolute Gasteiger partial charge is 0.478 e. The predicted molar refractivity (Wildman–Crippen MR) is 117 cm³/mol. The highest BCUT2D eigenvalue weighted by molar-refractivity contribution is 6.34. The first-order valence-corrected chi connectivity index (χ1v) is 10.5. The van der Waals surface area contributed by atoms with Gasteiger partial charge in [0.05, 0.1) is 17.5 Å². The van der Waals surface area contributed by atoms with Crippen molar-refractivity contribution < 1.29 is 9.90 Å². The van der Waals surface area contributed by atoms with Gasteiger partial charge in [-0.15, -0.1) is 0 Å². The highest BCUT2D eigenvalue weighted by atomic mass is 35.5. The summed E-state index contributed by atoms with van der Waals surface area (Å²) >= 11 is 12.3. The van der Waals surface area contributed by atoms with Gasteiger partial charge in [-0.3, -0.25) is 9.88 Å². The summed E-state index contributed by atoms with van der Waals surface area (Å²) in [7, 11) is 1.94. The summed E-state index contributed by atoms with van der Waals surface area (Å²) in [5, 5.41) is 10.6. The number of halogens is 2. The monoisotopic (exact) mass is 444 g/mol. The molecular weight excluding hydrogens is 423 g/mol. The molecule has 0 atom stereocenters. The first-order valence-electron chi connectivity index (χ1n) is 9.79. The number of rotatable bonds is 5. The lowest BCUT2D eigenvalue weighted by atomic mass is 9.89. The SMILES string of the molecule is Cn1c(CN2CCC(c3cc(Cl)cc(Cl)c3)CC2)cnc1-c1cc(C(=O)O)ccn1. The molecule has 3 heterocycles. The molecule has 1 aliphatic rings. The molecule has 0 amide bonds. The van der Waals surface area contributed by atoms with Crippen molar-refractivity contribution in [3.05, 3.63) is 69.6 Å². The second-order valence-electron chi connectivity index (χ2n) is 7.62. The number of benzene rings is 1. The van der Waals surface area contributed by atoms with Crippen LogP contribution in [0, 0.1) is 0 Å². The van der Waals surface area contributed by atoms with Gasteiger partial charge in [-0.1, -0.05) is 23.2 Å². The second-order valence-corrected chi connectivity index (χ2v) is 8.49. The third-order valence-electron chi connectivity index (χ3n) is 5.65. The van der Waals surface area contributed by atoms with Crippen LogP contribution in [0.1, 0.15) is 40.4 Å². The van der Waals surface area contributed by atoms with Gasteiger partial charge in [0, 0.05) is 29.8 Å². The van der Waals surface area contributed by atoms with Crippen molar-refractivity contribution in [2.24, 2.45) is 7.05 Å². The van der Waals surface area contributed by atoms with Gasteiger partial charge in [-0.05, 0) is 67.7 Å². The first-order chi connectivity index (χ1) is 14.4. The molecule has 0 saturated carbocycles. The van der Waals surface area contributed by atoms with Gasteiger partial charge in [0.1, 0.15) is 5.69 Å². The smallest absolute Gasteiger partial charge is 0.335 e. The molecule has 1 fully saturated rings. The van der Waals surface area contributed by atoms with Crippen LogP contribution in [0.5, 0.6) is 0 Å². The van der Waals surface area contributed by atoms with Gasteiger partial charge in [0.25, 0.3) is 0 Å². The number of carboxylic acid groups (broad SMARTS) is 1. The Morgan fingerprint density at radius 1 is 1.13 bits per heavy atom. The summed E-state index contributed by atoms with van der Waals surface area (Å²) in [4.78, 5) is 22.4. The molecule has 8 heteroatoms. The fourth-order valence-corrected chi connectivity index (χ4v) is 4.52. The number of hydrogen-bond acceptors (Lipinski definition) is 4. The molecular formula is C22H22Cl2N4O2. The van der Waals surface area contributed by atoms with E-state index in [1.165, 1.54) is 17.8 Å². The van der Waals surface area contributed by atoms with E-state index in [0.717, 1.165) is 38.2 Å². The van der Waals surface area contributed by atoms with Crippen molar-refractivity contribution in [1.29, 1.82) is 0 Å². The predicted octanol–water partition coefficient (Wildman–Crippen LogP) is 4.87. The zero-order valence-corrected chi connectivity index (χ0v) is 18.1. The lowest BCUT2D eigenvalue weighted by Crippen LogP contribution is -2.33. The summed E-state index contributed by atoms with van der Waals surface area (Å²) in [6, 6.07) is 8.82. The van der Waals surface area contributed by atoms with Gasteiger partial charge in [0.2, 0.25) is 0 Å². The van der Waals surface area contributed by atoms with Gasteiger partial charge in [-0.2, -0.15) is 0 Å². The third kappa shape index (κ3) is 4.51. The molecule has 1 aromatic carbocycles. The number of imidazole rings is 1. The van der Waals surface area contributed by atoms with E-state index in [-0.39, 0.29) is 5.56 Å². The van der Waals surface area contributed by atoms with Crippen LogP contribution >= 0.6 is 23.2 Å². The Bertz CT molecular complexity index is 1050. The van der Waals surface area contributed by atoms with Gasteiger partial charge in [0.15, 0.2) is 5.82 Å². The second kappa shape index (κ2) is 8.76. The molecule has 1 saturated heterocycles. The van der Waals surface area contributed by atoms with E-state index in [4.69, 9.17) is 23.2 Å². The summed E-state index contributed by atoms with van der Waals surface area (Å²) in [5.74, 6) is 0.149. The number of carbonyl (C=O) groups is 1. The Balaban J connectivity index is 1.43. The van der Waals surface area contributed by atoms with E-state index in [0.29, 0.717) is 27.5 Å². The van der Waals surface area contributed by atoms with Gasteiger partial charge in [-0.25, -0.2) is 9.78 Å². The standard InChI is InChI=1S/C22H22Cl2N4O2/c1-27-19(12-26-21(27)20-10-15(22(29)30)2-5-25-20)13-28-6-3-14(4-7-28)16-8-17(23)11-18(24)9-16/h2,5,8-12,14H,3-4,6-7,13H2,1H3,(H,29,30). The van der Waals surface area contributed by atoms with Crippen molar-refractivity contribution in [2.75, 3.05) is 13.1 Å². The normalized spacial score (nSPS) is 15.4. The molecule has 0 spiro atoms. The zero-order valence-electron chi connectivity index (χ0n) is 16.6. The molecule has 4 rings (SSSR count). The fourth-order valence-electron chi connectivity index (χ4n) is 3.98. The molecule has 2 aromatic heterocycles. The summed E-state index contributed by atoms with van der Waals surface area (Å²) in [6.45, 7) is 2.73. The van der Waals surface area contributed by atoms with Crippen molar-refractivity contribution in [1.82, 2.24) is 19.4 Å². The Labute approximate surface area is 185 Å². The molecule has 0 aliphatic carbocycles. The summed E-state index contributed by atoms with van der Waals surface area (Å²) < 4.78 is 1.98. The minimum absolute atomic E-state index is 0.202. The topological polar surface area (TPSA) is 71.2 Å². The number of carboxylic acids is 1. The number of piperidine rings is 1. The van der Waals surface area contributed by atoms with Crippen LogP contribution in [-0.4, -0.2) is 43.6 Å². The van der Waals surface area contributed by atoms with Gasteiger partial charge >= 0.3 is 5.97 Å². The minimum Gasteiger partial charge on any atom is -0.478 e. The van der Waals surface area contributed by atoms with Crippen LogP contribution < -0.4 is 0 Å². The van der Waals surface area contributed by atoms with E-state index < -0.39 is 5.97 Å². The Morgan fingerprint density at radius 3 is 2.50 bits per heavy atom. The third-order valence-corrected chi connectivity index (χ3v) is 6.09. The first kappa shape index (κ1) is 20.8. The van der Waals surface area contributed by atoms with Crippen molar-refractivity contribution >= 4 is 29.2 Å². The van der Waals surface area contributed by atoms with Crippen molar-refractivity contribution in [3.63, 3.8) is 0 Å². The lowest BCUT2D eigenvalue weighted by Gasteiger charge is -2.32. The maximum absolute atomic E-state index is 11.2. The number of aromatic nitrogens is 3. The zero-order chi connectivity index (χ0) is 21.3. The van der Waals surface area contributed by atoms with E-state index >= 15 is 0 Å². The van der Waals surface area contributed by atoms with E-state index in [9.17, 15) is 9.90 Å². The molecule has 156 valence electrons. The number of nitrogens with zero attached hydrogens (tertiary/aromatic N) is 4. The maximum Gasteiger partial charge on any atom is 0.335 e. The molecule has 0 radical (unpaired) electrons. The lowest BCUT2D eigenvalue weighted by molar-refractivity contribution is 0.0697. The number of aromatic carboxylic acids is 1. The average molecular weight is 445 g/mol. The number of pyridine rings is 1. The molecule has 0 unspecified atom stereocenters. The van der Waals surface area contributed by atoms with Crippen molar-refractivity contribution in [2.45, 2.75) is 25.3 Å². The van der Waals surface area contributed by atoms with Crippen LogP contribution in [-0.2, 0) is 13.6 Å². The van der Waals surface area contributed by atoms with E-state index in [1.54, 1.807) is 12.1 Å². The van der Waals surface area contributed by atoms with Crippen LogP contribution in [0.15, 0.2) is 42.7 Å². The average Bonchev–Trinajstić information content (AvgIpc) is 3.08. The molecule has 0 bridgehead atoms. The van der Waals surface area contributed by atoms with Crippen LogP contribution in [0.4, 0.5) is 0 Å². The van der Waals surface area contributed by atoms with Crippen LogP contribution in [0.25, 0.3) is 11.5 Å². The molecule has 6 nitrogen and oxygen atoms in total. The summed E-state index contributed by atoms with van der Waals surface area (Å²) in [5.41, 5.74) is 3.03. The molecule has 3 aromatic rings. The molecule has 30 heavy (non-hydrogen) atoms. The van der Waals surface area contributed by atoms with E-state index in [2.05, 4.69) is 14.9 Å². The summed E-state index contributed by atoms with van der Waals surface area (Å²) in [6.07, 6.45) is 5.43. The Kier molecular flexibility index (Phi) is 6.09. The Hall–Kier alpha value is -2.41. The van der Waals surface area contributed by atoms with Gasteiger partial charge < -0.3 is 9.67 Å². The molecule has 1 aliphatic heterocycles. The van der Waals surface area contributed by atoms with Crippen molar-refractivity contribution in [3.8, 4) is 11.5 Å². The number of hydrogen-bond donors (Lipinski definition) is 1.